The number of ether oxygens (including phenoxy) is 2. The summed E-state index contributed by atoms with van der Waals surface area (Å²) in [5.74, 6) is 1.89. The van der Waals surface area contributed by atoms with Crippen LogP contribution in [0.5, 0.6) is 0 Å². The van der Waals surface area contributed by atoms with Gasteiger partial charge in [0.15, 0.2) is 0 Å². The number of nitrogens with zero attached hydrogens (tertiary/aromatic N) is 5. The summed E-state index contributed by atoms with van der Waals surface area (Å²) in [4.78, 5) is 17.6. The summed E-state index contributed by atoms with van der Waals surface area (Å²) in [6.45, 7) is 5.68. The maximum Gasteiger partial charge on any atom is 0.232 e. The van der Waals surface area contributed by atoms with Crippen LogP contribution in [-0.4, -0.2) is 75.1 Å². The number of anilines is 3. The van der Waals surface area contributed by atoms with Gasteiger partial charge in [-0.1, -0.05) is 0 Å². The number of morpholine rings is 1. The SMILES string of the molecule is CNc1nc(N2CCOCC2)nc(N(C)C(C)COC)n1. The zero-order valence-corrected chi connectivity index (χ0v) is 13.2. The van der Waals surface area contributed by atoms with Crippen molar-refractivity contribution in [2.45, 2.75) is 13.0 Å². The van der Waals surface area contributed by atoms with E-state index in [1.165, 1.54) is 0 Å². The quantitative estimate of drug-likeness (QED) is 0.799. The van der Waals surface area contributed by atoms with Gasteiger partial charge in [0.05, 0.1) is 25.9 Å². The molecular formula is C13H24N6O2. The Labute approximate surface area is 125 Å². The fraction of sp³-hybridized carbons (Fsp3) is 0.769. The first-order chi connectivity index (χ1) is 10.2. The smallest absolute Gasteiger partial charge is 0.232 e. The molecule has 1 aliphatic heterocycles. The molecule has 1 aromatic heterocycles. The van der Waals surface area contributed by atoms with Gasteiger partial charge in [-0.15, -0.1) is 0 Å². The molecule has 1 unspecified atom stereocenters. The highest BCUT2D eigenvalue weighted by molar-refractivity contribution is 5.45. The summed E-state index contributed by atoms with van der Waals surface area (Å²) < 4.78 is 10.6. The van der Waals surface area contributed by atoms with Gasteiger partial charge in [0.25, 0.3) is 0 Å². The normalized spacial score (nSPS) is 16.7. The fourth-order valence-corrected chi connectivity index (χ4v) is 2.08. The van der Waals surface area contributed by atoms with Crippen LogP contribution >= 0.6 is 0 Å². The van der Waals surface area contributed by atoms with E-state index in [-0.39, 0.29) is 6.04 Å². The van der Waals surface area contributed by atoms with Gasteiger partial charge in [0.1, 0.15) is 0 Å². The number of hydrogen-bond donors (Lipinski definition) is 1. The van der Waals surface area contributed by atoms with Crippen LogP contribution in [0.1, 0.15) is 6.92 Å². The Bertz CT molecular complexity index is 452. The highest BCUT2D eigenvalue weighted by Gasteiger charge is 2.19. The van der Waals surface area contributed by atoms with E-state index in [1.807, 2.05) is 11.9 Å². The lowest BCUT2D eigenvalue weighted by molar-refractivity contribution is 0.122. The molecule has 0 saturated carbocycles. The molecule has 1 aliphatic rings. The molecule has 2 rings (SSSR count). The lowest BCUT2D eigenvalue weighted by atomic mass is 10.3. The highest BCUT2D eigenvalue weighted by atomic mass is 16.5. The summed E-state index contributed by atoms with van der Waals surface area (Å²) in [7, 11) is 5.46. The van der Waals surface area contributed by atoms with Crippen molar-refractivity contribution in [3.63, 3.8) is 0 Å². The third-order valence-electron chi connectivity index (χ3n) is 3.51. The highest BCUT2D eigenvalue weighted by Crippen LogP contribution is 2.18. The van der Waals surface area contributed by atoms with E-state index in [1.54, 1.807) is 14.2 Å². The van der Waals surface area contributed by atoms with Gasteiger partial charge in [-0.25, -0.2) is 0 Å². The second-order valence-corrected chi connectivity index (χ2v) is 5.02. The Morgan fingerprint density at radius 3 is 2.67 bits per heavy atom. The summed E-state index contributed by atoms with van der Waals surface area (Å²) >= 11 is 0. The van der Waals surface area contributed by atoms with Crippen LogP contribution in [0.4, 0.5) is 17.8 Å². The van der Waals surface area contributed by atoms with E-state index in [4.69, 9.17) is 9.47 Å². The van der Waals surface area contributed by atoms with Crippen LogP contribution in [0.2, 0.25) is 0 Å². The Morgan fingerprint density at radius 1 is 1.33 bits per heavy atom. The van der Waals surface area contributed by atoms with E-state index in [0.29, 0.717) is 37.7 Å². The van der Waals surface area contributed by atoms with Gasteiger partial charge in [-0.05, 0) is 6.92 Å². The van der Waals surface area contributed by atoms with Crippen molar-refractivity contribution in [1.29, 1.82) is 0 Å². The van der Waals surface area contributed by atoms with Gasteiger partial charge >= 0.3 is 0 Å². The summed E-state index contributed by atoms with van der Waals surface area (Å²) in [6, 6.07) is 0.180. The van der Waals surface area contributed by atoms with Crippen LogP contribution in [0, 0.1) is 0 Å². The topological polar surface area (TPSA) is 75.6 Å². The second-order valence-electron chi connectivity index (χ2n) is 5.02. The molecular weight excluding hydrogens is 272 g/mol. The first-order valence-electron chi connectivity index (χ1n) is 7.14. The summed E-state index contributed by atoms with van der Waals surface area (Å²) in [5, 5.41) is 2.99. The zero-order chi connectivity index (χ0) is 15.2. The molecule has 8 heteroatoms. The minimum atomic E-state index is 0.180. The molecule has 1 N–H and O–H groups in total. The number of likely N-dealkylation sites (N-methyl/N-ethyl adjacent to an activating group) is 1. The van der Waals surface area contributed by atoms with Crippen LogP contribution in [0.15, 0.2) is 0 Å². The van der Waals surface area contributed by atoms with E-state index < -0.39 is 0 Å². The first kappa shape index (κ1) is 15.7. The molecule has 2 heterocycles. The van der Waals surface area contributed by atoms with Gasteiger partial charge in [0.2, 0.25) is 17.8 Å². The van der Waals surface area contributed by atoms with Gasteiger partial charge in [-0.2, -0.15) is 15.0 Å². The zero-order valence-electron chi connectivity index (χ0n) is 13.2. The Balaban J connectivity index is 2.24. The molecule has 0 bridgehead atoms. The second kappa shape index (κ2) is 7.37. The van der Waals surface area contributed by atoms with Crippen LogP contribution in [0.3, 0.4) is 0 Å². The monoisotopic (exact) mass is 296 g/mol. The van der Waals surface area contributed by atoms with Crippen molar-refractivity contribution >= 4 is 17.8 Å². The lowest BCUT2D eigenvalue weighted by Crippen LogP contribution is -2.39. The van der Waals surface area contributed by atoms with Crippen LogP contribution in [-0.2, 0) is 9.47 Å². The van der Waals surface area contributed by atoms with E-state index in [9.17, 15) is 0 Å². The van der Waals surface area contributed by atoms with Crippen molar-refractivity contribution in [3.8, 4) is 0 Å². The minimum absolute atomic E-state index is 0.180. The minimum Gasteiger partial charge on any atom is -0.383 e. The van der Waals surface area contributed by atoms with Crippen molar-refractivity contribution in [1.82, 2.24) is 15.0 Å². The van der Waals surface area contributed by atoms with Crippen molar-refractivity contribution in [3.05, 3.63) is 0 Å². The van der Waals surface area contributed by atoms with Crippen molar-refractivity contribution < 1.29 is 9.47 Å². The average molecular weight is 296 g/mol. The summed E-state index contributed by atoms with van der Waals surface area (Å²) in [5.41, 5.74) is 0. The molecule has 1 fully saturated rings. The standard InChI is InChI=1S/C13H24N6O2/c1-10(9-20-4)18(3)12-15-11(14-2)16-13(17-12)19-5-7-21-8-6-19/h10H,5-9H2,1-4H3,(H,14,15,16,17). The first-order valence-corrected chi connectivity index (χ1v) is 7.14. The fourth-order valence-electron chi connectivity index (χ4n) is 2.08. The molecule has 0 spiro atoms. The average Bonchev–Trinajstić information content (AvgIpc) is 2.54. The molecule has 1 atom stereocenters. The number of rotatable bonds is 6. The van der Waals surface area contributed by atoms with Crippen LogP contribution < -0.4 is 15.1 Å². The van der Waals surface area contributed by atoms with Crippen LogP contribution in [0.25, 0.3) is 0 Å². The Morgan fingerprint density at radius 2 is 2.05 bits per heavy atom. The van der Waals surface area contributed by atoms with Crippen molar-refractivity contribution in [2.75, 3.05) is 69.2 Å². The maximum absolute atomic E-state index is 5.37. The largest absolute Gasteiger partial charge is 0.383 e. The molecule has 8 nitrogen and oxygen atoms in total. The number of aromatic nitrogens is 3. The van der Waals surface area contributed by atoms with E-state index in [0.717, 1.165) is 13.1 Å². The maximum atomic E-state index is 5.37. The Kier molecular flexibility index (Phi) is 5.51. The van der Waals surface area contributed by atoms with E-state index in [2.05, 4.69) is 32.1 Å². The number of methoxy groups -OCH3 is 1. The number of nitrogens with one attached hydrogen (secondary N) is 1. The van der Waals surface area contributed by atoms with Crippen molar-refractivity contribution in [2.24, 2.45) is 0 Å². The third kappa shape index (κ3) is 3.92. The molecule has 0 radical (unpaired) electrons. The van der Waals surface area contributed by atoms with E-state index >= 15 is 0 Å². The predicted octanol–water partition coefficient (Wildman–Crippen LogP) is 0.221. The molecule has 1 saturated heterocycles. The molecule has 0 aliphatic carbocycles. The molecule has 21 heavy (non-hydrogen) atoms. The molecule has 0 amide bonds. The molecule has 1 aromatic rings. The molecule has 118 valence electrons. The molecule has 0 aromatic carbocycles. The summed E-state index contributed by atoms with van der Waals surface area (Å²) in [6.07, 6.45) is 0. The predicted molar refractivity (Wildman–Crippen MR) is 82.1 cm³/mol. The van der Waals surface area contributed by atoms with Gasteiger partial charge < -0.3 is 24.6 Å². The number of hydrogen-bond acceptors (Lipinski definition) is 8. The van der Waals surface area contributed by atoms with Gasteiger partial charge in [-0.3, -0.25) is 0 Å². The lowest BCUT2D eigenvalue weighted by Gasteiger charge is -2.29. The third-order valence-corrected chi connectivity index (χ3v) is 3.51. The van der Waals surface area contributed by atoms with Gasteiger partial charge in [0, 0.05) is 34.3 Å². The Hall–Kier alpha value is -1.67.